The number of ether oxygens (including phenoxy) is 1. The van der Waals surface area contributed by atoms with Crippen LogP contribution < -0.4 is 20.3 Å². The maximum atomic E-state index is 12.4. The third-order valence-corrected chi connectivity index (χ3v) is 4.59. The van der Waals surface area contributed by atoms with E-state index in [4.69, 9.17) is 4.74 Å². The number of guanidine groups is 1. The molecule has 1 fully saturated rings. The van der Waals surface area contributed by atoms with Crippen molar-refractivity contribution < 1.29 is 14.6 Å². The van der Waals surface area contributed by atoms with Gasteiger partial charge in [-0.05, 0) is 25.1 Å². The van der Waals surface area contributed by atoms with Crippen molar-refractivity contribution in [1.29, 1.82) is 0 Å². The van der Waals surface area contributed by atoms with E-state index in [-0.39, 0.29) is 41.7 Å². The van der Waals surface area contributed by atoms with Crippen LogP contribution >= 0.6 is 24.0 Å². The molecule has 0 aliphatic carbocycles. The van der Waals surface area contributed by atoms with Crippen LogP contribution in [0.2, 0.25) is 0 Å². The molecule has 0 radical (unpaired) electrons. The van der Waals surface area contributed by atoms with Crippen molar-refractivity contribution in [2.24, 2.45) is 4.99 Å². The number of hydrogen-bond donors (Lipinski definition) is 3. The summed E-state index contributed by atoms with van der Waals surface area (Å²) >= 11 is 0. The van der Waals surface area contributed by atoms with Crippen molar-refractivity contribution in [3.63, 3.8) is 0 Å². The zero-order chi connectivity index (χ0) is 19.9. The van der Waals surface area contributed by atoms with E-state index in [2.05, 4.69) is 15.6 Å². The summed E-state index contributed by atoms with van der Waals surface area (Å²) in [4.78, 5) is 18.7. The molecule has 1 amide bonds. The van der Waals surface area contributed by atoms with E-state index in [0.717, 1.165) is 5.69 Å². The number of carbonyl (C=O) groups excluding carboxylic acids is 1. The highest BCUT2D eigenvalue weighted by molar-refractivity contribution is 14.0. The lowest BCUT2D eigenvalue weighted by molar-refractivity contribution is -0.117. The highest BCUT2D eigenvalue weighted by Crippen LogP contribution is 2.29. The molecule has 3 N–H and O–H groups in total. The number of anilines is 1. The molecule has 2 aromatic rings. The number of hydrogen-bond acceptors (Lipinski definition) is 4. The third-order valence-electron chi connectivity index (χ3n) is 4.59. The quantitative estimate of drug-likeness (QED) is 0.316. The molecule has 1 aliphatic heterocycles. The molecule has 7 nitrogen and oxygen atoms in total. The van der Waals surface area contributed by atoms with Crippen LogP contribution in [0.25, 0.3) is 0 Å². The monoisotopic (exact) mass is 510 g/mol. The van der Waals surface area contributed by atoms with Crippen LogP contribution in [0.15, 0.2) is 53.5 Å². The van der Waals surface area contributed by atoms with Crippen molar-refractivity contribution in [3.05, 3.63) is 54.1 Å². The summed E-state index contributed by atoms with van der Waals surface area (Å²) in [5.74, 6) is 1.21. The van der Waals surface area contributed by atoms with E-state index >= 15 is 0 Å². The number of rotatable bonds is 6. The van der Waals surface area contributed by atoms with Gasteiger partial charge < -0.3 is 25.4 Å². The Morgan fingerprint density at radius 3 is 2.69 bits per heavy atom. The summed E-state index contributed by atoms with van der Waals surface area (Å²) in [7, 11) is 1.52. The van der Waals surface area contributed by atoms with E-state index in [9.17, 15) is 9.90 Å². The summed E-state index contributed by atoms with van der Waals surface area (Å²) in [6, 6.07) is 14.9. The zero-order valence-corrected chi connectivity index (χ0v) is 18.9. The highest BCUT2D eigenvalue weighted by atomic mass is 127. The zero-order valence-electron chi connectivity index (χ0n) is 16.6. The van der Waals surface area contributed by atoms with Crippen LogP contribution in [0.5, 0.6) is 11.5 Å². The number of phenols is 1. The van der Waals surface area contributed by atoms with Crippen LogP contribution in [0.3, 0.4) is 0 Å². The van der Waals surface area contributed by atoms with Crippen LogP contribution in [0.1, 0.15) is 18.9 Å². The van der Waals surface area contributed by atoms with Crippen molar-refractivity contribution in [2.75, 3.05) is 25.1 Å². The normalized spacial score (nSPS) is 16.3. The number of benzene rings is 2. The lowest BCUT2D eigenvalue weighted by Gasteiger charge is -2.19. The predicted octanol–water partition coefficient (Wildman–Crippen LogP) is 2.88. The van der Waals surface area contributed by atoms with Crippen LogP contribution in [0.4, 0.5) is 5.69 Å². The van der Waals surface area contributed by atoms with E-state index in [1.165, 1.54) is 7.11 Å². The second kappa shape index (κ2) is 10.9. The first kappa shape index (κ1) is 22.8. The largest absolute Gasteiger partial charge is 0.504 e. The molecular formula is C21H27IN4O3. The Balaban J connectivity index is 0.00000300. The molecule has 0 aromatic heterocycles. The van der Waals surface area contributed by atoms with Crippen LogP contribution in [-0.4, -0.2) is 43.2 Å². The summed E-state index contributed by atoms with van der Waals surface area (Å²) in [6.45, 7) is 3.55. The van der Waals surface area contributed by atoms with Gasteiger partial charge in [-0.15, -0.1) is 24.0 Å². The number of para-hydroxylation sites is 2. The van der Waals surface area contributed by atoms with Crippen LogP contribution in [-0.2, 0) is 11.3 Å². The molecule has 0 bridgehead atoms. The van der Waals surface area contributed by atoms with Gasteiger partial charge in [0.25, 0.3) is 0 Å². The average Bonchev–Trinajstić information content (AvgIpc) is 3.08. The second-order valence-electron chi connectivity index (χ2n) is 6.55. The van der Waals surface area contributed by atoms with Crippen molar-refractivity contribution >= 4 is 41.5 Å². The summed E-state index contributed by atoms with van der Waals surface area (Å²) in [5.41, 5.74) is 1.57. The maximum Gasteiger partial charge on any atom is 0.229 e. The molecule has 1 unspecified atom stereocenters. The number of phenolic OH excluding ortho intramolecular Hbond substituents is 1. The van der Waals surface area contributed by atoms with Gasteiger partial charge in [0.15, 0.2) is 17.5 Å². The SMILES string of the molecule is CCNC(=NCc1cccc(OC)c1O)NC1CC(=O)N(c2ccccc2)C1.I. The third kappa shape index (κ3) is 5.75. The minimum absolute atomic E-state index is 0. The number of aromatic hydroxyl groups is 1. The number of aliphatic imine (C=N–C) groups is 1. The van der Waals surface area contributed by atoms with E-state index in [1.807, 2.05) is 43.3 Å². The first-order chi connectivity index (χ1) is 13.6. The molecule has 1 saturated heterocycles. The lowest BCUT2D eigenvalue weighted by Crippen LogP contribution is -2.44. The minimum atomic E-state index is -0.0376. The molecular weight excluding hydrogens is 483 g/mol. The molecule has 0 spiro atoms. The van der Waals surface area contributed by atoms with E-state index < -0.39 is 0 Å². The molecule has 1 atom stereocenters. The molecule has 3 rings (SSSR count). The van der Waals surface area contributed by atoms with Gasteiger partial charge >= 0.3 is 0 Å². The molecule has 8 heteroatoms. The lowest BCUT2D eigenvalue weighted by atomic mass is 10.2. The standard InChI is InChI=1S/C21H26N4O3.HI/c1-3-22-21(23-13-15-8-7-11-18(28-2)20(15)27)24-16-12-19(26)25(14-16)17-9-5-4-6-10-17;/h4-11,16,27H,3,12-14H2,1-2H3,(H2,22,23,24);1H. The first-order valence-electron chi connectivity index (χ1n) is 9.37. The fourth-order valence-corrected chi connectivity index (χ4v) is 3.20. The van der Waals surface area contributed by atoms with Crippen molar-refractivity contribution in [3.8, 4) is 11.5 Å². The minimum Gasteiger partial charge on any atom is -0.504 e. The number of methoxy groups -OCH3 is 1. The molecule has 29 heavy (non-hydrogen) atoms. The highest BCUT2D eigenvalue weighted by Gasteiger charge is 2.31. The smallest absolute Gasteiger partial charge is 0.229 e. The molecule has 1 heterocycles. The van der Waals surface area contributed by atoms with Gasteiger partial charge in [0, 0.05) is 30.8 Å². The Morgan fingerprint density at radius 2 is 2.00 bits per heavy atom. The Hall–Kier alpha value is -2.49. The number of amides is 1. The average molecular weight is 510 g/mol. The molecule has 1 aliphatic rings. The molecule has 2 aromatic carbocycles. The number of halogens is 1. The Labute approximate surface area is 188 Å². The van der Waals surface area contributed by atoms with Gasteiger partial charge in [0.05, 0.1) is 19.7 Å². The molecule has 0 saturated carbocycles. The summed E-state index contributed by atoms with van der Waals surface area (Å²) < 4.78 is 5.14. The van der Waals surface area contributed by atoms with Gasteiger partial charge in [0.2, 0.25) is 5.91 Å². The first-order valence-corrected chi connectivity index (χ1v) is 9.37. The number of nitrogens with zero attached hydrogens (tertiary/aromatic N) is 2. The van der Waals surface area contributed by atoms with E-state index in [0.29, 0.717) is 43.3 Å². The number of carbonyl (C=O) groups is 1. The van der Waals surface area contributed by atoms with Gasteiger partial charge in [-0.2, -0.15) is 0 Å². The van der Waals surface area contributed by atoms with Gasteiger partial charge in [-0.25, -0.2) is 4.99 Å². The predicted molar refractivity (Wildman–Crippen MR) is 125 cm³/mol. The maximum absolute atomic E-state index is 12.4. The van der Waals surface area contributed by atoms with Crippen molar-refractivity contribution in [2.45, 2.75) is 25.9 Å². The van der Waals surface area contributed by atoms with Gasteiger partial charge in [-0.3, -0.25) is 4.79 Å². The fraction of sp³-hybridized carbons (Fsp3) is 0.333. The number of nitrogens with one attached hydrogen (secondary N) is 2. The van der Waals surface area contributed by atoms with Crippen molar-refractivity contribution in [1.82, 2.24) is 10.6 Å². The van der Waals surface area contributed by atoms with E-state index in [1.54, 1.807) is 17.0 Å². The Bertz CT molecular complexity index is 845. The summed E-state index contributed by atoms with van der Waals surface area (Å²) in [6.07, 6.45) is 0.406. The second-order valence-corrected chi connectivity index (χ2v) is 6.55. The topological polar surface area (TPSA) is 86.2 Å². The van der Waals surface area contributed by atoms with Gasteiger partial charge in [-0.1, -0.05) is 30.3 Å². The van der Waals surface area contributed by atoms with Gasteiger partial charge in [0.1, 0.15) is 0 Å². The summed E-state index contributed by atoms with van der Waals surface area (Å²) in [5, 5.41) is 16.7. The Kier molecular flexibility index (Phi) is 8.56. The fourth-order valence-electron chi connectivity index (χ4n) is 3.20. The Morgan fingerprint density at radius 1 is 1.24 bits per heavy atom. The van der Waals surface area contributed by atoms with Crippen LogP contribution in [0, 0.1) is 0 Å². The molecule has 156 valence electrons.